The van der Waals surface area contributed by atoms with Crippen LogP contribution in [0.3, 0.4) is 0 Å². The smallest absolute Gasteiger partial charge is 0.276 e. The standard InChI is InChI=1S/C16H19N3O5S/c20-16(18-5-1-2-6-18)15-13-11-12(3-4-14(13)24-17-15)25(21,22)19-7-9-23-10-8-19/h3-4,11H,1-2,5-10H2. The normalized spacial score (nSPS) is 19.6. The minimum Gasteiger partial charge on any atom is -0.379 e. The molecular formula is C16H19N3O5S. The van der Waals surface area contributed by atoms with Crippen LogP contribution in [0.15, 0.2) is 27.6 Å². The molecule has 0 bridgehead atoms. The third-order valence-corrected chi connectivity index (χ3v) is 6.54. The second kappa shape index (κ2) is 6.40. The highest BCUT2D eigenvalue weighted by Gasteiger charge is 2.29. The van der Waals surface area contributed by atoms with E-state index < -0.39 is 10.0 Å². The largest absolute Gasteiger partial charge is 0.379 e. The Balaban J connectivity index is 1.71. The molecule has 1 amide bonds. The number of nitrogens with zero attached hydrogens (tertiary/aromatic N) is 3. The fraction of sp³-hybridized carbons (Fsp3) is 0.500. The first kappa shape index (κ1) is 16.5. The van der Waals surface area contributed by atoms with Gasteiger partial charge < -0.3 is 14.2 Å². The summed E-state index contributed by atoms with van der Waals surface area (Å²) in [4.78, 5) is 14.5. The first-order chi connectivity index (χ1) is 12.1. The van der Waals surface area contributed by atoms with Crippen LogP contribution < -0.4 is 0 Å². The van der Waals surface area contributed by atoms with Crippen LogP contribution in [-0.4, -0.2) is 68.1 Å². The van der Waals surface area contributed by atoms with Gasteiger partial charge in [0.05, 0.1) is 23.5 Å². The van der Waals surface area contributed by atoms with Gasteiger partial charge in [0.2, 0.25) is 10.0 Å². The Morgan fingerprint density at radius 3 is 2.52 bits per heavy atom. The predicted molar refractivity (Wildman–Crippen MR) is 88.7 cm³/mol. The minimum absolute atomic E-state index is 0.139. The van der Waals surface area contributed by atoms with Gasteiger partial charge in [-0.25, -0.2) is 8.42 Å². The lowest BCUT2D eigenvalue weighted by molar-refractivity contribution is 0.0730. The van der Waals surface area contributed by atoms with Crippen molar-refractivity contribution in [1.29, 1.82) is 0 Å². The van der Waals surface area contributed by atoms with Crippen LogP contribution in [0.5, 0.6) is 0 Å². The van der Waals surface area contributed by atoms with Gasteiger partial charge in [0.1, 0.15) is 0 Å². The molecule has 25 heavy (non-hydrogen) atoms. The van der Waals surface area contributed by atoms with Crippen LogP contribution in [0, 0.1) is 0 Å². The van der Waals surface area contributed by atoms with Crippen molar-refractivity contribution in [3.8, 4) is 0 Å². The van der Waals surface area contributed by atoms with Gasteiger partial charge in [0.15, 0.2) is 11.3 Å². The summed E-state index contributed by atoms with van der Waals surface area (Å²) in [7, 11) is -3.63. The zero-order valence-corrected chi connectivity index (χ0v) is 14.5. The van der Waals surface area contributed by atoms with Crippen molar-refractivity contribution in [2.75, 3.05) is 39.4 Å². The number of hydrogen-bond acceptors (Lipinski definition) is 6. The van der Waals surface area contributed by atoms with E-state index in [0.717, 1.165) is 12.8 Å². The number of amides is 1. The zero-order valence-electron chi connectivity index (χ0n) is 13.7. The van der Waals surface area contributed by atoms with Crippen LogP contribution in [0.2, 0.25) is 0 Å². The summed E-state index contributed by atoms with van der Waals surface area (Å²) in [6, 6.07) is 4.53. The fourth-order valence-corrected chi connectivity index (χ4v) is 4.67. The number of sulfonamides is 1. The molecule has 134 valence electrons. The molecule has 0 unspecified atom stereocenters. The van der Waals surface area contributed by atoms with Crippen LogP contribution in [0.25, 0.3) is 11.0 Å². The Hall–Kier alpha value is -1.97. The Bertz CT molecular complexity index is 896. The maximum absolute atomic E-state index is 12.8. The lowest BCUT2D eigenvalue weighted by Gasteiger charge is -2.26. The van der Waals surface area contributed by atoms with E-state index in [1.807, 2.05) is 0 Å². The van der Waals surface area contributed by atoms with Crippen LogP contribution in [0.4, 0.5) is 0 Å². The van der Waals surface area contributed by atoms with Gasteiger partial charge >= 0.3 is 0 Å². The van der Waals surface area contributed by atoms with Gasteiger partial charge in [0.25, 0.3) is 5.91 Å². The molecule has 0 radical (unpaired) electrons. The summed E-state index contributed by atoms with van der Waals surface area (Å²) in [5.74, 6) is -0.211. The Morgan fingerprint density at radius 1 is 1.08 bits per heavy atom. The lowest BCUT2D eigenvalue weighted by atomic mass is 10.2. The van der Waals surface area contributed by atoms with E-state index in [1.165, 1.54) is 16.4 Å². The number of aromatic nitrogens is 1. The third kappa shape index (κ3) is 2.92. The second-order valence-electron chi connectivity index (χ2n) is 6.20. The molecule has 0 N–H and O–H groups in total. The minimum atomic E-state index is -3.63. The first-order valence-corrected chi connectivity index (χ1v) is 9.78. The number of hydrogen-bond donors (Lipinski definition) is 0. The number of benzene rings is 1. The van der Waals surface area contributed by atoms with E-state index in [-0.39, 0.29) is 16.5 Å². The number of ether oxygens (including phenoxy) is 1. The van der Waals surface area contributed by atoms with Crippen molar-refractivity contribution in [2.45, 2.75) is 17.7 Å². The summed E-state index contributed by atoms with van der Waals surface area (Å²) < 4.78 is 37.5. The van der Waals surface area contributed by atoms with Crippen molar-refractivity contribution in [1.82, 2.24) is 14.4 Å². The Labute approximate surface area is 145 Å². The fourth-order valence-electron chi connectivity index (χ4n) is 3.24. The number of carbonyl (C=O) groups is 1. The van der Waals surface area contributed by atoms with Crippen LogP contribution >= 0.6 is 0 Å². The molecule has 0 saturated carbocycles. The maximum atomic E-state index is 12.8. The molecule has 0 aliphatic carbocycles. The van der Waals surface area contributed by atoms with E-state index in [4.69, 9.17) is 9.26 Å². The molecule has 4 rings (SSSR count). The molecule has 2 aliphatic heterocycles. The molecule has 1 aromatic heterocycles. The monoisotopic (exact) mass is 365 g/mol. The average molecular weight is 365 g/mol. The molecule has 3 heterocycles. The molecular weight excluding hydrogens is 346 g/mol. The first-order valence-electron chi connectivity index (χ1n) is 8.34. The van der Waals surface area contributed by atoms with E-state index in [0.29, 0.717) is 50.4 Å². The lowest BCUT2D eigenvalue weighted by Crippen LogP contribution is -2.40. The molecule has 1 aromatic carbocycles. The van der Waals surface area contributed by atoms with Gasteiger partial charge in [-0.15, -0.1) is 0 Å². The molecule has 0 atom stereocenters. The molecule has 2 aliphatic rings. The van der Waals surface area contributed by atoms with Gasteiger partial charge in [-0.05, 0) is 31.0 Å². The predicted octanol–water partition coefficient (Wildman–Crippen LogP) is 1.08. The summed E-state index contributed by atoms with van der Waals surface area (Å²) in [5, 5.41) is 4.32. The van der Waals surface area contributed by atoms with E-state index >= 15 is 0 Å². The SMILES string of the molecule is O=C(c1noc2ccc(S(=O)(=O)N3CCOCC3)cc12)N1CCCC1. The van der Waals surface area contributed by atoms with E-state index in [1.54, 1.807) is 11.0 Å². The average Bonchev–Trinajstić information content (AvgIpc) is 3.31. The highest BCUT2D eigenvalue weighted by atomic mass is 32.2. The van der Waals surface area contributed by atoms with Crippen molar-refractivity contribution in [3.63, 3.8) is 0 Å². The van der Waals surface area contributed by atoms with Gasteiger partial charge in [-0.3, -0.25) is 4.79 Å². The summed E-state index contributed by atoms with van der Waals surface area (Å²) in [5.41, 5.74) is 0.583. The highest BCUT2D eigenvalue weighted by molar-refractivity contribution is 7.89. The van der Waals surface area contributed by atoms with Crippen LogP contribution in [-0.2, 0) is 14.8 Å². The van der Waals surface area contributed by atoms with Crippen molar-refractivity contribution < 1.29 is 22.5 Å². The molecule has 8 nitrogen and oxygen atoms in total. The molecule has 2 aromatic rings. The zero-order chi connectivity index (χ0) is 17.4. The maximum Gasteiger partial charge on any atom is 0.276 e. The number of rotatable bonds is 3. The summed E-state index contributed by atoms with van der Waals surface area (Å²) in [6.07, 6.45) is 1.94. The topological polar surface area (TPSA) is 93.0 Å². The number of morpholine rings is 1. The highest BCUT2D eigenvalue weighted by Crippen LogP contribution is 2.26. The third-order valence-electron chi connectivity index (χ3n) is 4.65. The number of fused-ring (bicyclic) bond motifs is 1. The quantitative estimate of drug-likeness (QED) is 0.808. The van der Waals surface area contributed by atoms with Gasteiger partial charge in [-0.2, -0.15) is 4.31 Å². The molecule has 0 spiro atoms. The Morgan fingerprint density at radius 2 is 1.80 bits per heavy atom. The second-order valence-corrected chi connectivity index (χ2v) is 8.14. The van der Waals surface area contributed by atoms with Gasteiger partial charge in [0, 0.05) is 26.2 Å². The molecule has 2 saturated heterocycles. The molecule has 9 heteroatoms. The van der Waals surface area contributed by atoms with Crippen molar-refractivity contribution in [3.05, 3.63) is 23.9 Å². The molecule has 2 fully saturated rings. The van der Waals surface area contributed by atoms with Gasteiger partial charge in [-0.1, -0.05) is 5.16 Å². The van der Waals surface area contributed by atoms with Crippen LogP contribution in [0.1, 0.15) is 23.3 Å². The summed E-state index contributed by atoms with van der Waals surface area (Å²) in [6.45, 7) is 2.80. The van der Waals surface area contributed by atoms with E-state index in [9.17, 15) is 13.2 Å². The van der Waals surface area contributed by atoms with Crippen molar-refractivity contribution in [2.24, 2.45) is 0 Å². The summed E-state index contributed by atoms with van der Waals surface area (Å²) >= 11 is 0. The number of carbonyl (C=O) groups excluding carboxylic acids is 1. The number of likely N-dealkylation sites (tertiary alicyclic amines) is 1. The van der Waals surface area contributed by atoms with E-state index in [2.05, 4.69) is 5.16 Å². The Kier molecular flexibility index (Phi) is 4.22. The van der Waals surface area contributed by atoms with Crippen molar-refractivity contribution >= 4 is 26.9 Å².